The predicted molar refractivity (Wildman–Crippen MR) is 60.8 cm³/mol. The lowest BCUT2D eigenvalue weighted by Crippen LogP contribution is -2.26. The van der Waals surface area contributed by atoms with Crippen LogP contribution in [0.15, 0.2) is 22.7 Å². The van der Waals surface area contributed by atoms with Crippen LogP contribution in [0.3, 0.4) is 0 Å². The molecule has 88 valence electrons. The lowest BCUT2D eigenvalue weighted by molar-refractivity contribution is -0.150. The summed E-state index contributed by atoms with van der Waals surface area (Å²) >= 11 is 3.20. The number of benzene rings is 1. The molecule has 1 aromatic rings. The highest BCUT2D eigenvalue weighted by Crippen LogP contribution is 2.26. The molecule has 0 saturated carbocycles. The van der Waals surface area contributed by atoms with E-state index in [9.17, 15) is 9.18 Å². The summed E-state index contributed by atoms with van der Waals surface area (Å²) in [5, 5.41) is 0. The van der Waals surface area contributed by atoms with Crippen molar-refractivity contribution < 1.29 is 18.7 Å². The standard InChI is InChI=1S/C11H12BrFO3/c1-3-15-11(14)7(2)16-10-6-8(13)4-5-9(10)12/h4-7H,3H2,1-2H3. The second-order valence-corrected chi connectivity index (χ2v) is 3.94. The first-order valence-corrected chi connectivity index (χ1v) is 5.62. The van der Waals surface area contributed by atoms with E-state index in [4.69, 9.17) is 9.47 Å². The van der Waals surface area contributed by atoms with Crippen LogP contribution in [0, 0.1) is 5.82 Å². The van der Waals surface area contributed by atoms with Gasteiger partial charge in [-0.2, -0.15) is 0 Å². The molecule has 1 aromatic carbocycles. The van der Waals surface area contributed by atoms with Gasteiger partial charge in [-0.25, -0.2) is 9.18 Å². The van der Waals surface area contributed by atoms with Gasteiger partial charge in [0.25, 0.3) is 0 Å². The smallest absolute Gasteiger partial charge is 0.347 e. The Labute approximate surface area is 102 Å². The summed E-state index contributed by atoms with van der Waals surface area (Å²) in [5.74, 6) is -0.617. The van der Waals surface area contributed by atoms with Crippen LogP contribution in [0.25, 0.3) is 0 Å². The summed E-state index contributed by atoms with van der Waals surface area (Å²) in [6.07, 6.45) is -0.766. The fourth-order valence-electron chi connectivity index (χ4n) is 1.07. The highest BCUT2D eigenvalue weighted by molar-refractivity contribution is 9.10. The topological polar surface area (TPSA) is 35.5 Å². The molecule has 0 amide bonds. The van der Waals surface area contributed by atoms with Crippen LogP contribution < -0.4 is 4.74 Å². The van der Waals surface area contributed by atoms with Crippen molar-refractivity contribution >= 4 is 21.9 Å². The summed E-state index contributed by atoms with van der Waals surface area (Å²) in [7, 11) is 0. The van der Waals surface area contributed by atoms with Crippen molar-refractivity contribution in [2.75, 3.05) is 6.61 Å². The normalized spacial score (nSPS) is 12.0. The minimum atomic E-state index is -0.766. The molecular weight excluding hydrogens is 279 g/mol. The van der Waals surface area contributed by atoms with Crippen molar-refractivity contribution in [3.05, 3.63) is 28.5 Å². The van der Waals surface area contributed by atoms with Gasteiger partial charge in [0.1, 0.15) is 11.6 Å². The third-order valence-electron chi connectivity index (χ3n) is 1.82. The molecule has 1 unspecified atom stereocenters. The van der Waals surface area contributed by atoms with Crippen LogP contribution in [-0.2, 0) is 9.53 Å². The van der Waals surface area contributed by atoms with Crippen molar-refractivity contribution in [3.63, 3.8) is 0 Å². The minimum Gasteiger partial charge on any atom is -0.478 e. The maximum atomic E-state index is 12.9. The van der Waals surface area contributed by atoms with Crippen LogP contribution >= 0.6 is 15.9 Å². The molecule has 16 heavy (non-hydrogen) atoms. The molecule has 0 heterocycles. The van der Waals surface area contributed by atoms with Gasteiger partial charge in [0.05, 0.1) is 11.1 Å². The molecule has 0 spiro atoms. The Kier molecular flexibility index (Phi) is 4.73. The first-order valence-electron chi connectivity index (χ1n) is 4.83. The van der Waals surface area contributed by atoms with Crippen molar-refractivity contribution in [1.29, 1.82) is 0 Å². The number of rotatable bonds is 4. The molecule has 0 aromatic heterocycles. The van der Waals surface area contributed by atoms with Crippen molar-refractivity contribution in [2.45, 2.75) is 20.0 Å². The Hall–Kier alpha value is -1.10. The Morgan fingerprint density at radius 1 is 1.56 bits per heavy atom. The molecule has 0 aliphatic rings. The van der Waals surface area contributed by atoms with E-state index in [1.807, 2.05) is 0 Å². The summed E-state index contributed by atoms with van der Waals surface area (Å²) in [5.41, 5.74) is 0. The Morgan fingerprint density at radius 2 is 2.25 bits per heavy atom. The van der Waals surface area contributed by atoms with E-state index in [2.05, 4.69) is 15.9 Å². The maximum absolute atomic E-state index is 12.9. The zero-order chi connectivity index (χ0) is 12.1. The van der Waals surface area contributed by atoms with Gasteiger partial charge >= 0.3 is 5.97 Å². The second kappa shape index (κ2) is 5.84. The number of esters is 1. The first-order chi connectivity index (χ1) is 7.54. The van der Waals surface area contributed by atoms with Crippen molar-refractivity contribution in [1.82, 2.24) is 0 Å². The van der Waals surface area contributed by atoms with Gasteiger partial charge < -0.3 is 9.47 Å². The van der Waals surface area contributed by atoms with Gasteiger partial charge in [0.15, 0.2) is 6.10 Å². The van der Waals surface area contributed by atoms with E-state index in [0.717, 1.165) is 0 Å². The molecule has 1 atom stereocenters. The zero-order valence-electron chi connectivity index (χ0n) is 9.00. The van der Waals surface area contributed by atoms with E-state index in [-0.39, 0.29) is 12.4 Å². The van der Waals surface area contributed by atoms with Gasteiger partial charge in [0.2, 0.25) is 0 Å². The molecule has 0 N–H and O–H groups in total. The van der Waals surface area contributed by atoms with E-state index >= 15 is 0 Å². The number of hydrogen-bond donors (Lipinski definition) is 0. The monoisotopic (exact) mass is 290 g/mol. The molecule has 0 aliphatic carbocycles. The fourth-order valence-corrected chi connectivity index (χ4v) is 1.41. The summed E-state index contributed by atoms with van der Waals surface area (Å²) in [6, 6.07) is 4.02. The molecular formula is C11H12BrFO3. The van der Waals surface area contributed by atoms with Gasteiger partial charge in [-0.15, -0.1) is 0 Å². The van der Waals surface area contributed by atoms with E-state index < -0.39 is 17.9 Å². The van der Waals surface area contributed by atoms with Crippen LogP contribution in [-0.4, -0.2) is 18.7 Å². The lowest BCUT2D eigenvalue weighted by Gasteiger charge is -2.14. The van der Waals surface area contributed by atoms with Gasteiger partial charge in [-0.3, -0.25) is 0 Å². The third kappa shape index (κ3) is 3.48. The highest BCUT2D eigenvalue weighted by atomic mass is 79.9. The Morgan fingerprint density at radius 3 is 2.88 bits per heavy atom. The number of halogens is 2. The van der Waals surface area contributed by atoms with Crippen molar-refractivity contribution in [2.24, 2.45) is 0 Å². The Balaban J connectivity index is 2.72. The molecule has 1 rings (SSSR count). The SMILES string of the molecule is CCOC(=O)C(C)Oc1cc(F)ccc1Br. The van der Waals surface area contributed by atoms with Crippen molar-refractivity contribution in [3.8, 4) is 5.75 Å². The number of ether oxygens (including phenoxy) is 2. The molecule has 0 fully saturated rings. The Bertz CT molecular complexity index is 381. The largest absolute Gasteiger partial charge is 0.478 e. The second-order valence-electron chi connectivity index (χ2n) is 3.09. The van der Waals surface area contributed by atoms with Gasteiger partial charge in [0, 0.05) is 6.07 Å². The van der Waals surface area contributed by atoms with Crippen LogP contribution in [0.4, 0.5) is 4.39 Å². The van der Waals surface area contributed by atoms with E-state index in [1.54, 1.807) is 13.8 Å². The summed E-state index contributed by atoms with van der Waals surface area (Å²) < 4.78 is 23.6. The molecule has 0 bridgehead atoms. The van der Waals surface area contributed by atoms with Crippen LogP contribution in [0.1, 0.15) is 13.8 Å². The van der Waals surface area contributed by atoms with Crippen LogP contribution in [0.5, 0.6) is 5.75 Å². The predicted octanol–water partition coefficient (Wildman–Crippen LogP) is 2.92. The quantitative estimate of drug-likeness (QED) is 0.800. The third-order valence-corrected chi connectivity index (χ3v) is 2.47. The molecule has 5 heteroatoms. The molecule has 0 saturated heterocycles. The van der Waals surface area contributed by atoms with Crippen LogP contribution in [0.2, 0.25) is 0 Å². The lowest BCUT2D eigenvalue weighted by atomic mass is 10.3. The minimum absolute atomic E-state index is 0.278. The zero-order valence-corrected chi connectivity index (χ0v) is 10.6. The number of hydrogen-bond acceptors (Lipinski definition) is 3. The number of carbonyl (C=O) groups excluding carboxylic acids is 1. The summed E-state index contributed by atoms with van der Waals surface area (Å²) in [4.78, 5) is 11.3. The average Bonchev–Trinajstić information content (AvgIpc) is 2.23. The van der Waals surface area contributed by atoms with E-state index in [0.29, 0.717) is 4.47 Å². The maximum Gasteiger partial charge on any atom is 0.347 e. The average molecular weight is 291 g/mol. The molecule has 3 nitrogen and oxygen atoms in total. The van der Waals surface area contributed by atoms with Gasteiger partial charge in [-0.1, -0.05) is 0 Å². The summed E-state index contributed by atoms with van der Waals surface area (Å²) in [6.45, 7) is 3.55. The van der Waals surface area contributed by atoms with E-state index in [1.165, 1.54) is 18.2 Å². The molecule has 0 radical (unpaired) electrons. The van der Waals surface area contributed by atoms with Gasteiger partial charge in [-0.05, 0) is 41.9 Å². The molecule has 0 aliphatic heterocycles. The highest BCUT2D eigenvalue weighted by Gasteiger charge is 2.17. The number of carbonyl (C=O) groups is 1. The fraction of sp³-hybridized carbons (Fsp3) is 0.364. The first kappa shape index (κ1) is 13.0.